The molecule has 1 atom stereocenters. The second-order valence-electron chi connectivity index (χ2n) is 6.93. The molecule has 0 radical (unpaired) electrons. The summed E-state index contributed by atoms with van der Waals surface area (Å²) >= 11 is 0. The molecule has 2 aromatic carbocycles. The first-order valence-corrected chi connectivity index (χ1v) is 9.02. The van der Waals surface area contributed by atoms with Crippen LogP contribution in [0, 0.1) is 11.3 Å². The van der Waals surface area contributed by atoms with Crippen LogP contribution in [0.25, 0.3) is 0 Å². The van der Waals surface area contributed by atoms with Crippen LogP contribution in [0.4, 0.5) is 11.4 Å². The fraction of sp³-hybridized carbons (Fsp3) is 0.333. The van der Waals surface area contributed by atoms with Gasteiger partial charge >= 0.3 is 0 Å². The summed E-state index contributed by atoms with van der Waals surface area (Å²) in [5.41, 5.74) is 3.79. The molecule has 132 valence electrons. The summed E-state index contributed by atoms with van der Waals surface area (Å²) in [7, 11) is 0. The van der Waals surface area contributed by atoms with Crippen molar-refractivity contribution in [2.45, 2.75) is 31.2 Å². The molecule has 0 spiro atoms. The van der Waals surface area contributed by atoms with Crippen molar-refractivity contribution in [1.29, 1.82) is 5.26 Å². The number of nitrogens with zero attached hydrogens (tertiary/aromatic N) is 1. The fourth-order valence-corrected chi connectivity index (χ4v) is 3.22. The van der Waals surface area contributed by atoms with E-state index in [9.17, 15) is 4.79 Å². The lowest BCUT2D eigenvalue weighted by atomic mass is 9.96. The van der Waals surface area contributed by atoms with Gasteiger partial charge in [-0.15, -0.1) is 0 Å². The third kappa shape index (κ3) is 3.71. The summed E-state index contributed by atoms with van der Waals surface area (Å²) in [5, 5.41) is 15.5. The molecular weight excluding hydrogens is 326 g/mol. The molecule has 2 aliphatic rings. The number of amides is 1. The van der Waals surface area contributed by atoms with Crippen molar-refractivity contribution in [3.05, 3.63) is 59.2 Å². The molecule has 1 saturated heterocycles. The molecule has 0 bridgehead atoms. The number of benzene rings is 2. The van der Waals surface area contributed by atoms with Gasteiger partial charge in [0.05, 0.1) is 29.6 Å². The van der Waals surface area contributed by atoms with Crippen molar-refractivity contribution in [2.24, 2.45) is 0 Å². The van der Waals surface area contributed by atoms with Crippen molar-refractivity contribution in [3.8, 4) is 6.07 Å². The van der Waals surface area contributed by atoms with E-state index in [1.807, 2.05) is 30.3 Å². The van der Waals surface area contributed by atoms with E-state index in [1.165, 1.54) is 0 Å². The van der Waals surface area contributed by atoms with Gasteiger partial charge in [0, 0.05) is 24.1 Å². The Morgan fingerprint density at radius 1 is 1.12 bits per heavy atom. The monoisotopic (exact) mass is 347 g/mol. The maximum atomic E-state index is 12.8. The molecule has 0 aromatic heterocycles. The molecular formula is C21H21N3O2. The molecule has 1 amide bonds. The van der Waals surface area contributed by atoms with E-state index in [4.69, 9.17) is 10.00 Å². The van der Waals surface area contributed by atoms with Crippen molar-refractivity contribution >= 4 is 17.3 Å². The Morgan fingerprint density at radius 2 is 2.00 bits per heavy atom. The normalized spacial score (nSPS) is 19.0. The molecule has 2 fully saturated rings. The minimum Gasteiger partial charge on any atom is -0.381 e. The van der Waals surface area contributed by atoms with Crippen LogP contribution < -0.4 is 10.6 Å². The average Bonchev–Trinajstić information content (AvgIpc) is 3.32. The highest BCUT2D eigenvalue weighted by atomic mass is 16.5. The highest BCUT2D eigenvalue weighted by molar-refractivity contribution is 6.06. The summed E-state index contributed by atoms with van der Waals surface area (Å²) in [6.07, 6.45) is 3.27. The smallest absolute Gasteiger partial charge is 0.255 e. The number of carbonyl (C=O) groups is 1. The minimum atomic E-state index is -0.167. The zero-order valence-electron chi connectivity index (χ0n) is 14.5. The van der Waals surface area contributed by atoms with Crippen molar-refractivity contribution in [1.82, 2.24) is 0 Å². The number of carbonyl (C=O) groups excluding carboxylic acids is 1. The Labute approximate surface area is 153 Å². The van der Waals surface area contributed by atoms with Crippen molar-refractivity contribution in [3.63, 3.8) is 0 Å². The number of anilines is 2. The Balaban J connectivity index is 1.55. The van der Waals surface area contributed by atoms with E-state index < -0.39 is 0 Å². The van der Waals surface area contributed by atoms with Gasteiger partial charge in [0.1, 0.15) is 0 Å². The SMILES string of the molecule is N#Cc1ccc(NC2CC2)c(NC(=O)c2cccc(C3CCOC3)c2)c1. The second kappa shape index (κ2) is 7.19. The van der Waals surface area contributed by atoms with Crippen LogP contribution >= 0.6 is 0 Å². The van der Waals surface area contributed by atoms with Gasteiger partial charge in [-0.25, -0.2) is 0 Å². The van der Waals surface area contributed by atoms with Gasteiger partial charge in [0.25, 0.3) is 5.91 Å². The van der Waals surface area contributed by atoms with Gasteiger partial charge in [0.15, 0.2) is 0 Å². The molecule has 1 saturated carbocycles. The van der Waals surface area contributed by atoms with E-state index in [2.05, 4.69) is 16.7 Å². The Hall–Kier alpha value is -2.84. The van der Waals surface area contributed by atoms with Crippen LogP contribution in [-0.4, -0.2) is 25.2 Å². The zero-order valence-corrected chi connectivity index (χ0v) is 14.5. The fourth-order valence-electron chi connectivity index (χ4n) is 3.22. The van der Waals surface area contributed by atoms with Crippen LogP contribution in [0.5, 0.6) is 0 Å². The lowest BCUT2D eigenvalue weighted by Crippen LogP contribution is -2.15. The standard InChI is InChI=1S/C21H21N3O2/c22-12-14-4-7-19(23-18-5-6-18)20(10-14)24-21(25)16-3-1-2-15(11-16)17-8-9-26-13-17/h1-4,7,10-11,17-18,23H,5-6,8-9,13H2,(H,24,25). The van der Waals surface area contributed by atoms with Crippen LogP contribution in [-0.2, 0) is 4.74 Å². The molecule has 4 rings (SSSR count). The van der Waals surface area contributed by atoms with E-state index in [-0.39, 0.29) is 5.91 Å². The molecule has 26 heavy (non-hydrogen) atoms. The first-order valence-electron chi connectivity index (χ1n) is 9.02. The number of nitrogens with one attached hydrogen (secondary N) is 2. The molecule has 1 unspecified atom stereocenters. The molecule has 2 aromatic rings. The first-order chi connectivity index (χ1) is 12.7. The lowest BCUT2D eigenvalue weighted by molar-refractivity contribution is 0.102. The first kappa shape index (κ1) is 16.6. The average molecular weight is 347 g/mol. The van der Waals surface area contributed by atoms with Crippen molar-refractivity contribution in [2.75, 3.05) is 23.8 Å². The van der Waals surface area contributed by atoms with E-state index >= 15 is 0 Å². The number of hydrogen-bond acceptors (Lipinski definition) is 4. The third-order valence-corrected chi connectivity index (χ3v) is 4.88. The van der Waals surface area contributed by atoms with Crippen LogP contribution in [0.2, 0.25) is 0 Å². The maximum Gasteiger partial charge on any atom is 0.255 e. The number of ether oxygens (including phenoxy) is 1. The van der Waals surface area contributed by atoms with Gasteiger partial charge in [-0.2, -0.15) is 5.26 Å². The number of nitriles is 1. The summed E-state index contributed by atoms with van der Waals surface area (Å²) in [6, 6.07) is 15.7. The predicted molar refractivity (Wildman–Crippen MR) is 100 cm³/mol. The Morgan fingerprint density at radius 3 is 2.73 bits per heavy atom. The van der Waals surface area contributed by atoms with Gasteiger partial charge in [0.2, 0.25) is 0 Å². The van der Waals surface area contributed by atoms with E-state index in [0.29, 0.717) is 35.4 Å². The Kier molecular flexibility index (Phi) is 4.59. The largest absolute Gasteiger partial charge is 0.381 e. The summed E-state index contributed by atoms with van der Waals surface area (Å²) in [5.74, 6) is 0.191. The summed E-state index contributed by atoms with van der Waals surface area (Å²) in [6.45, 7) is 1.49. The number of hydrogen-bond donors (Lipinski definition) is 2. The van der Waals surface area contributed by atoms with E-state index in [0.717, 1.165) is 37.1 Å². The van der Waals surface area contributed by atoms with Crippen molar-refractivity contribution < 1.29 is 9.53 Å². The zero-order chi connectivity index (χ0) is 17.9. The Bertz CT molecular complexity index is 862. The highest BCUT2D eigenvalue weighted by Crippen LogP contribution is 2.31. The topological polar surface area (TPSA) is 74.2 Å². The number of rotatable bonds is 5. The maximum absolute atomic E-state index is 12.8. The lowest BCUT2D eigenvalue weighted by Gasteiger charge is -2.14. The molecule has 1 aliphatic carbocycles. The molecule has 1 aliphatic heterocycles. The minimum absolute atomic E-state index is 0.167. The van der Waals surface area contributed by atoms with Gasteiger partial charge in [-0.05, 0) is 55.2 Å². The molecule has 5 heteroatoms. The van der Waals surface area contributed by atoms with Gasteiger partial charge in [-0.1, -0.05) is 12.1 Å². The summed E-state index contributed by atoms with van der Waals surface area (Å²) in [4.78, 5) is 12.8. The van der Waals surface area contributed by atoms with E-state index in [1.54, 1.807) is 12.1 Å². The second-order valence-corrected chi connectivity index (χ2v) is 6.93. The molecule has 2 N–H and O–H groups in total. The highest BCUT2D eigenvalue weighted by Gasteiger charge is 2.23. The summed E-state index contributed by atoms with van der Waals surface area (Å²) < 4.78 is 5.45. The quantitative estimate of drug-likeness (QED) is 0.860. The van der Waals surface area contributed by atoms with Gasteiger partial charge < -0.3 is 15.4 Å². The third-order valence-electron chi connectivity index (χ3n) is 4.88. The van der Waals surface area contributed by atoms with Crippen LogP contribution in [0.3, 0.4) is 0 Å². The molecule has 1 heterocycles. The van der Waals surface area contributed by atoms with Crippen LogP contribution in [0.1, 0.15) is 46.7 Å². The van der Waals surface area contributed by atoms with Gasteiger partial charge in [-0.3, -0.25) is 4.79 Å². The van der Waals surface area contributed by atoms with Crippen LogP contribution in [0.15, 0.2) is 42.5 Å². The predicted octanol–water partition coefficient (Wildman–Crippen LogP) is 3.89. The molecule has 5 nitrogen and oxygen atoms in total.